The van der Waals surface area contributed by atoms with Gasteiger partial charge in [-0.15, -0.1) is 3.89 Å². The van der Waals surface area contributed by atoms with Crippen LogP contribution >= 0.6 is 15.9 Å². The van der Waals surface area contributed by atoms with E-state index in [9.17, 15) is 12.3 Å². The van der Waals surface area contributed by atoms with Gasteiger partial charge in [-0.3, -0.25) is 0 Å². The van der Waals surface area contributed by atoms with E-state index < -0.39 is 16.0 Å². The highest BCUT2D eigenvalue weighted by atomic mass is 79.9. The topological polar surface area (TPSA) is 43.4 Å². The molecular formula is C10H12BrFO3S. The Bertz CT molecular complexity index is 459. The molecule has 1 aromatic rings. The summed E-state index contributed by atoms with van der Waals surface area (Å²) in [7, 11) is -4.54. The van der Waals surface area contributed by atoms with Crippen molar-refractivity contribution in [2.24, 2.45) is 0 Å². The van der Waals surface area contributed by atoms with Crippen molar-refractivity contribution in [3.8, 4) is 5.75 Å². The molecule has 0 aliphatic heterocycles. The first kappa shape index (κ1) is 13.4. The summed E-state index contributed by atoms with van der Waals surface area (Å²) < 4.78 is 39.8. The van der Waals surface area contributed by atoms with Crippen LogP contribution in [0.2, 0.25) is 0 Å². The predicted molar refractivity (Wildman–Crippen MR) is 63.7 cm³/mol. The molecule has 0 aromatic heterocycles. The maximum absolute atomic E-state index is 12.6. The van der Waals surface area contributed by atoms with E-state index >= 15 is 0 Å². The van der Waals surface area contributed by atoms with Crippen LogP contribution in [0.4, 0.5) is 3.89 Å². The van der Waals surface area contributed by atoms with E-state index in [0.717, 1.165) is 6.42 Å². The molecule has 0 saturated carbocycles. The molecule has 1 aromatic carbocycles. The molecule has 0 amide bonds. The number of hydrogen-bond acceptors (Lipinski definition) is 3. The van der Waals surface area contributed by atoms with Crippen molar-refractivity contribution in [3.05, 3.63) is 28.2 Å². The number of hydrogen-bond donors (Lipinski definition) is 0. The molecule has 16 heavy (non-hydrogen) atoms. The molecule has 0 bridgehead atoms. The van der Waals surface area contributed by atoms with E-state index in [4.69, 9.17) is 4.74 Å². The minimum atomic E-state index is -4.54. The van der Waals surface area contributed by atoms with Crippen molar-refractivity contribution in [1.29, 1.82) is 0 Å². The van der Waals surface area contributed by atoms with E-state index in [1.54, 1.807) is 18.2 Å². The SMILES string of the molecule is CCCOc1ccc(Br)cc1CS(=O)(=O)F. The van der Waals surface area contributed by atoms with Gasteiger partial charge in [0.05, 0.1) is 6.61 Å². The van der Waals surface area contributed by atoms with Gasteiger partial charge in [0.25, 0.3) is 0 Å². The summed E-state index contributed by atoms with van der Waals surface area (Å²) in [6, 6.07) is 4.89. The third kappa shape index (κ3) is 4.49. The second-order valence-electron chi connectivity index (χ2n) is 3.28. The van der Waals surface area contributed by atoms with Crippen molar-refractivity contribution < 1.29 is 17.0 Å². The zero-order valence-corrected chi connectivity index (χ0v) is 11.1. The second-order valence-corrected chi connectivity index (χ2v) is 5.57. The monoisotopic (exact) mass is 310 g/mol. The number of ether oxygens (including phenoxy) is 1. The lowest BCUT2D eigenvalue weighted by atomic mass is 10.2. The normalized spacial score (nSPS) is 11.4. The van der Waals surface area contributed by atoms with Gasteiger partial charge in [0.2, 0.25) is 0 Å². The second kappa shape index (κ2) is 5.63. The van der Waals surface area contributed by atoms with Gasteiger partial charge >= 0.3 is 10.2 Å². The fourth-order valence-corrected chi connectivity index (χ4v) is 2.20. The van der Waals surface area contributed by atoms with E-state index in [1.165, 1.54) is 0 Å². The summed E-state index contributed by atoms with van der Waals surface area (Å²) in [5.41, 5.74) is 0.324. The van der Waals surface area contributed by atoms with Crippen LogP contribution < -0.4 is 4.74 Å². The van der Waals surface area contributed by atoms with Crippen LogP contribution in [-0.4, -0.2) is 15.0 Å². The Labute approximate surface area is 103 Å². The van der Waals surface area contributed by atoms with E-state index in [2.05, 4.69) is 15.9 Å². The van der Waals surface area contributed by atoms with Crippen LogP contribution in [0.5, 0.6) is 5.75 Å². The Morgan fingerprint density at radius 1 is 1.44 bits per heavy atom. The molecule has 1 rings (SSSR count). The van der Waals surface area contributed by atoms with Gasteiger partial charge in [0.1, 0.15) is 11.5 Å². The standard InChI is InChI=1S/C10H12BrFO3S/c1-2-5-15-10-4-3-9(11)6-8(10)7-16(12,13)14/h3-4,6H,2,5,7H2,1H3. The molecule has 0 aliphatic carbocycles. The van der Waals surface area contributed by atoms with Gasteiger partial charge in [-0.2, -0.15) is 8.42 Å². The van der Waals surface area contributed by atoms with Crippen LogP contribution in [0.25, 0.3) is 0 Å². The van der Waals surface area contributed by atoms with Gasteiger partial charge < -0.3 is 4.74 Å². The first-order chi connectivity index (χ1) is 7.42. The Hall–Kier alpha value is -0.620. The molecule has 0 saturated heterocycles. The zero-order valence-electron chi connectivity index (χ0n) is 8.74. The Morgan fingerprint density at radius 3 is 2.69 bits per heavy atom. The Kier molecular flexibility index (Phi) is 4.73. The number of benzene rings is 1. The molecule has 90 valence electrons. The Balaban J connectivity index is 2.98. The van der Waals surface area contributed by atoms with Crippen molar-refractivity contribution in [2.75, 3.05) is 6.61 Å². The predicted octanol–water partition coefficient (Wildman–Crippen LogP) is 3.04. The van der Waals surface area contributed by atoms with Crippen LogP contribution in [0.1, 0.15) is 18.9 Å². The van der Waals surface area contributed by atoms with Gasteiger partial charge in [-0.05, 0) is 24.6 Å². The maximum atomic E-state index is 12.6. The van der Waals surface area contributed by atoms with Crippen molar-refractivity contribution in [1.82, 2.24) is 0 Å². The largest absolute Gasteiger partial charge is 0.493 e. The quantitative estimate of drug-likeness (QED) is 0.785. The summed E-state index contributed by atoms with van der Waals surface area (Å²) in [6.07, 6.45) is 0.803. The molecule has 0 atom stereocenters. The summed E-state index contributed by atoms with van der Waals surface area (Å²) >= 11 is 3.20. The lowest BCUT2D eigenvalue weighted by Crippen LogP contribution is -2.02. The van der Waals surface area contributed by atoms with Crippen LogP contribution in [0.3, 0.4) is 0 Å². The minimum Gasteiger partial charge on any atom is -0.493 e. The van der Waals surface area contributed by atoms with Crippen molar-refractivity contribution in [3.63, 3.8) is 0 Å². The summed E-state index contributed by atoms with van der Waals surface area (Å²) in [4.78, 5) is 0. The lowest BCUT2D eigenvalue weighted by Gasteiger charge is -2.09. The molecular weight excluding hydrogens is 299 g/mol. The van der Waals surface area contributed by atoms with Crippen molar-refractivity contribution >= 4 is 26.2 Å². The summed E-state index contributed by atoms with van der Waals surface area (Å²) in [6.45, 7) is 2.41. The number of rotatable bonds is 5. The molecule has 0 N–H and O–H groups in total. The van der Waals surface area contributed by atoms with Crippen LogP contribution in [0, 0.1) is 0 Å². The third-order valence-electron chi connectivity index (χ3n) is 1.81. The zero-order chi connectivity index (χ0) is 12.2. The van der Waals surface area contributed by atoms with Gasteiger partial charge in [0.15, 0.2) is 0 Å². The molecule has 0 spiro atoms. The highest BCUT2D eigenvalue weighted by Gasteiger charge is 2.14. The lowest BCUT2D eigenvalue weighted by molar-refractivity contribution is 0.315. The molecule has 6 heteroatoms. The van der Waals surface area contributed by atoms with Crippen LogP contribution in [-0.2, 0) is 16.0 Å². The van der Waals surface area contributed by atoms with Crippen LogP contribution in [0.15, 0.2) is 22.7 Å². The molecule has 0 unspecified atom stereocenters. The smallest absolute Gasteiger partial charge is 0.306 e. The number of halogens is 2. The fourth-order valence-electron chi connectivity index (χ4n) is 1.20. The third-order valence-corrected chi connectivity index (χ3v) is 2.96. The highest BCUT2D eigenvalue weighted by Crippen LogP contribution is 2.25. The Morgan fingerprint density at radius 2 is 2.12 bits per heavy atom. The molecule has 3 nitrogen and oxygen atoms in total. The molecule has 0 radical (unpaired) electrons. The van der Waals surface area contributed by atoms with E-state index in [-0.39, 0.29) is 0 Å². The minimum absolute atomic E-state index is 0.324. The first-order valence-electron chi connectivity index (χ1n) is 4.76. The van der Waals surface area contributed by atoms with Gasteiger partial charge in [-0.25, -0.2) is 0 Å². The van der Waals surface area contributed by atoms with Gasteiger partial charge in [0, 0.05) is 10.0 Å². The highest BCUT2D eigenvalue weighted by molar-refractivity contribution is 9.10. The molecule has 0 aliphatic rings. The summed E-state index contributed by atoms with van der Waals surface area (Å²) in [5, 5.41) is 0. The van der Waals surface area contributed by atoms with Crippen molar-refractivity contribution in [2.45, 2.75) is 19.1 Å². The maximum Gasteiger partial charge on any atom is 0.306 e. The summed E-state index contributed by atoms with van der Waals surface area (Å²) in [5.74, 6) is -0.253. The average Bonchev–Trinajstić information content (AvgIpc) is 2.14. The fraction of sp³-hybridized carbons (Fsp3) is 0.400. The average molecular weight is 311 g/mol. The van der Waals surface area contributed by atoms with E-state index in [0.29, 0.717) is 22.4 Å². The molecule has 0 heterocycles. The first-order valence-corrected chi connectivity index (χ1v) is 7.10. The van der Waals surface area contributed by atoms with E-state index in [1.807, 2.05) is 6.92 Å². The van der Waals surface area contributed by atoms with Gasteiger partial charge in [-0.1, -0.05) is 22.9 Å². The molecule has 0 fully saturated rings.